The molecule has 15 heteroatoms. The summed E-state index contributed by atoms with van der Waals surface area (Å²) in [5.41, 5.74) is -2.18. The molecule has 0 bridgehead atoms. The van der Waals surface area contributed by atoms with Gasteiger partial charge in [-0.25, -0.2) is 22.7 Å². The minimum absolute atomic E-state index is 0.0947. The number of allylic oxidation sites excluding steroid dienone is 2. The number of hydrogen-bond acceptors (Lipinski definition) is 11. The third kappa shape index (κ3) is 7.91. The number of methoxy groups -OCH3 is 2. The van der Waals surface area contributed by atoms with Gasteiger partial charge in [-0.2, -0.15) is 0 Å². The molecule has 3 aliphatic rings. The van der Waals surface area contributed by atoms with E-state index in [1.165, 1.54) is 17.4 Å². The number of amides is 3. The number of rotatable bonds is 6. The molecular weight excluding hydrogens is 638 g/mol. The molecule has 1 aromatic rings. The van der Waals surface area contributed by atoms with E-state index in [0.717, 1.165) is 20.0 Å². The molecule has 254 valence electrons. The summed E-state index contributed by atoms with van der Waals surface area (Å²) in [6, 6.07) is -1.69. The van der Waals surface area contributed by atoms with Crippen LogP contribution in [0.3, 0.4) is 0 Å². The maximum atomic E-state index is 13.9. The fourth-order valence-corrected chi connectivity index (χ4v) is 8.59. The monoisotopic (exact) mass is 681 g/mol. The normalized spacial score (nSPS) is 26.5. The number of Topliss-reactive ketones (excluding diaryl/α,β-unsaturated/α-hetero) is 1. The summed E-state index contributed by atoms with van der Waals surface area (Å²) < 4.78 is 43.9. The van der Waals surface area contributed by atoms with Crippen molar-refractivity contribution in [2.75, 3.05) is 20.8 Å². The van der Waals surface area contributed by atoms with Crippen molar-refractivity contribution in [1.29, 1.82) is 0 Å². The summed E-state index contributed by atoms with van der Waals surface area (Å²) in [6.07, 6.45) is 7.38. The summed E-state index contributed by atoms with van der Waals surface area (Å²) in [7, 11) is -2.14. The van der Waals surface area contributed by atoms with Crippen molar-refractivity contribution < 1.29 is 46.6 Å². The Morgan fingerprint density at radius 1 is 1.07 bits per heavy atom. The summed E-state index contributed by atoms with van der Waals surface area (Å²) in [5.74, 6) is -2.97. The Bertz CT molecular complexity index is 1500. The van der Waals surface area contributed by atoms with E-state index in [1.54, 1.807) is 20.8 Å². The van der Waals surface area contributed by atoms with Gasteiger partial charge in [0.05, 0.1) is 25.7 Å². The first-order valence-electron chi connectivity index (χ1n) is 15.4. The van der Waals surface area contributed by atoms with Gasteiger partial charge >= 0.3 is 12.1 Å². The van der Waals surface area contributed by atoms with Gasteiger partial charge in [-0.1, -0.05) is 25.0 Å². The van der Waals surface area contributed by atoms with Crippen LogP contribution in [0.5, 0.6) is 5.75 Å². The van der Waals surface area contributed by atoms with E-state index in [4.69, 9.17) is 14.2 Å². The molecule has 0 unspecified atom stereocenters. The lowest BCUT2D eigenvalue weighted by Gasteiger charge is -2.30. The number of nitrogens with zero attached hydrogens (tertiary/aromatic N) is 1. The second-order valence-corrected chi connectivity index (χ2v) is 15.7. The van der Waals surface area contributed by atoms with E-state index in [1.807, 2.05) is 12.2 Å². The molecule has 0 radical (unpaired) electrons. The Labute approximate surface area is 273 Å². The second kappa shape index (κ2) is 14.1. The largest absolute Gasteiger partial charge is 0.493 e. The van der Waals surface area contributed by atoms with E-state index >= 15 is 0 Å². The second-order valence-electron chi connectivity index (χ2n) is 13.0. The lowest BCUT2D eigenvalue weighted by Crippen LogP contribution is -2.52. The van der Waals surface area contributed by atoms with Crippen molar-refractivity contribution in [3.05, 3.63) is 23.1 Å². The zero-order valence-corrected chi connectivity index (χ0v) is 28.5. The van der Waals surface area contributed by atoms with Crippen LogP contribution in [0.2, 0.25) is 0 Å². The summed E-state index contributed by atoms with van der Waals surface area (Å²) in [4.78, 5) is 67.6. The molecule has 3 amide bonds. The Kier molecular flexibility index (Phi) is 10.9. The fourth-order valence-electron chi connectivity index (χ4n) is 6.11. The summed E-state index contributed by atoms with van der Waals surface area (Å²) >= 11 is 0.705. The van der Waals surface area contributed by atoms with Crippen molar-refractivity contribution in [2.45, 2.75) is 100 Å². The molecule has 4 rings (SSSR count). The minimum atomic E-state index is -4.49. The maximum Gasteiger partial charge on any atom is 0.408 e. The van der Waals surface area contributed by atoms with Crippen LogP contribution in [-0.4, -0.2) is 81.4 Å². The van der Waals surface area contributed by atoms with Gasteiger partial charge in [0.15, 0.2) is 15.7 Å². The number of carbonyl (C=O) groups is 5. The molecule has 1 saturated heterocycles. The number of carbonyl (C=O) groups excluding carboxylic acids is 5. The topological polar surface area (TPSA) is 174 Å². The standard InChI is InChI=1S/C31H43N3O10S2/c1-30(2,3)44-29(39)32-21-13-10-8-6-7-9-12-19-16-31(19,17-23(35)22-14-11-15-34(22)25(21)36)28(38)33-46(40,41)27-24(42-4)20(18-45-27)26(37)43-5/h9,12,18-19,21-22H,6-8,10-11,13-17H2,1-5H3,(H,32,39)(H,33,38)/b12-9-/t19-,21+,22+,31-/m1/s1. The Hall–Kier alpha value is -3.46. The van der Waals surface area contributed by atoms with E-state index in [2.05, 4.69) is 10.0 Å². The van der Waals surface area contributed by atoms with Gasteiger partial charge in [-0.15, -0.1) is 11.3 Å². The molecule has 13 nitrogen and oxygen atoms in total. The highest BCUT2D eigenvalue weighted by Gasteiger charge is 2.61. The lowest BCUT2D eigenvalue weighted by atomic mass is 9.91. The number of sulfonamides is 1. The van der Waals surface area contributed by atoms with Gasteiger partial charge in [-0.3, -0.25) is 14.4 Å². The Balaban J connectivity index is 1.58. The van der Waals surface area contributed by atoms with Crippen molar-refractivity contribution >= 4 is 51.0 Å². The van der Waals surface area contributed by atoms with Crippen LogP contribution in [0.1, 0.15) is 88.9 Å². The number of alkyl carbamates (subject to hydrolysis) is 1. The first kappa shape index (κ1) is 35.4. The zero-order valence-electron chi connectivity index (χ0n) is 26.9. The molecule has 0 spiro atoms. The minimum Gasteiger partial charge on any atom is -0.493 e. The average Bonchev–Trinajstić information content (AvgIpc) is 3.30. The van der Waals surface area contributed by atoms with E-state index in [9.17, 15) is 32.4 Å². The van der Waals surface area contributed by atoms with E-state index < -0.39 is 51.1 Å². The van der Waals surface area contributed by atoms with Crippen LogP contribution in [0.4, 0.5) is 4.79 Å². The third-order valence-electron chi connectivity index (χ3n) is 8.50. The van der Waals surface area contributed by atoms with Crippen molar-refractivity contribution in [2.24, 2.45) is 11.3 Å². The number of hydrogen-bond donors (Lipinski definition) is 2. The predicted molar refractivity (Wildman–Crippen MR) is 168 cm³/mol. The van der Waals surface area contributed by atoms with Gasteiger partial charge in [0.25, 0.3) is 10.0 Å². The van der Waals surface area contributed by atoms with Crippen LogP contribution in [0.25, 0.3) is 0 Å². The molecule has 2 aliphatic heterocycles. The van der Waals surface area contributed by atoms with Crippen LogP contribution >= 0.6 is 11.3 Å². The van der Waals surface area contributed by atoms with Gasteiger partial charge < -0.3 is 24.4 Å². The third-order valence-corrected chi connectivity index (χ3v) is 11.3. The number of thiophene rings is 1. The lowest BCUT2D eigenvalue weighted by molar-refractivity contribution is -0.140. The Morgan fingerprint density at radius 3 is 2.48 bits per heavy atom. The van der Waals surface area contributed by atoms with Crippen molar-refractivity contribution in [3.63, 3.8) is 0 Å². The highest BCUT2D eigenvalue weighted by atomic mass is 32.2. The highest BCUT2D eigenvalue weighted by molar-refractivity contribution is 7.92. The summed E-state index contributed by atoms with van der Waals surface area (Å²) in [6.45, 7) is 5.50. The van der Waals surface area contributed by atoms with Crippen LogP contribution < -0.4 is 14.8 Å². The van der Waals surface area contributed by atoms with Crippen LogP contribution in [-0.2, 0) is 33.9 Å². The fraction of sp³-hybridized carbons (Fsp3) is 0.645. The molecular formula is C31H43N3O10S2. The molecule has 0 aromatic carbocycles. The van der Waals surface area contributed by atoms with Crippen LogP contribution in [0.15, 0.2) is 21.7 Å². The predicted octanol–water partition coefficient (Wildman–Crippen LogP) is 3.72. The summed E-state index contributed by atoms with van der Waals surface area (Å²) in [5, 5.41) is 3.98. The maximum absolute atomic E-state index is 13.9. The molecule has 4 atom stereocenters. The molecule has 3 heterocycles. The number of nitrogens with one attached hydrogen (secondary N) is 2. The van der Waals surface area contributed by atoms with Gasteiger partial charge in [-0.05, 0) is 65.2 Å². The van der Waals surface area contributed by atoms with E-state index in [0.29, 0.717) is 50.0 Å². The average molecular weight is 682 g/mol. The molecule has 46 heavy (non-hydrogen) atoms. The van der Waals surface area contributed by atoms with Gasteiger partial charge in [0.1, 0.15) is 17.2 Å². The molecule has 2 fully saturated rings. The first-order chi connectivity index (χ1) is 21.6. The Morgan fingerprint density at radius 2 is 1.80 bits per heavy atom. The number of esters is 1. The van der Waals surface area contributed by atoms with Gasteiger partial charge in [0, 0.05) is 18.3 Å². The zero-order chi connectivity index (χ0) is 33.9. The first-order valence-corrected chi connectivity index (χ1v) is 17.8. The number of ketones is 1. The van der Waals surface area contributed by atoms with E-state index in [-0.39, 0.29) is 46.0 Å². The van der Waals surface area contributed by atoms with Crippen LogP contribution in [0, 0.1) is 11.3 Å². The molecule has 1 aliphatic carbocycles. The quantitative estimate of drug-likeness (QED) is 0.333. The molecule has 1 aromatic heterocycles. The number of ether oxygens (including phenoxy) is 3. The highest BCUT2D eigenvalue weighted by Crippen LogP contribution is 2.57. The number of fused-ring (bicyclic) bond motifs is 2. The molecule has 1 saturated carbocycles. The smallest absolute Gasteiger partial charge is 0.408 e. The van der Waals surface area contributed by atoms with Crippen molar-refractivity contribution in [1.82, 2.24) is 14.9 Å². The molecule has 2 N–H and O–H groups in total. The van der Waals surface area contributed by atoms with Crippen molar-refractivity contribution in [3.8, 4) is 5.75 Å². The SMILES string of the molecule is COC(=O)c1csc(S(=O)(=O)NC(=O)[C@]23CC(=O)[C@@H]4CCCN4C(=O)[C@@H](NC(=O)OC(C)(C)C)CCCCC/C=C\[C@@H]2C3)c1OC. The van der Waals surface area contributed by atoms with Gasteiger partial charge in [0.2, 0.25) is 11.8 Å².